The van der Waals surface area contributed by atoms with Crippen LogP contribution in [-0.2, 0) is 4.79 Å². The van der Waals surface area contributed by atoms with Gasteiger partial charge in [0.05, 0.1) is 4.91 Å². The van der Waals surface area contributed by atoms with Crippen LogP contribution in [0.4, 0.5) is 10.1 Å². The van der Waals surface area contributed by atoms with E-state index in [-0.39, 0.29) is 17.6 Å². The second-order valence-electron chi connectivity index (χ2n) is 6.42. The number of rotatable bonds is 5. The molecule has 0 saturated carbocycles. The highest BCUT2D eigenvalue weighted by Gasteiger charge is 2.21. The zero-order chi connectivity index (χ0) is 16.3. The standard InChI is InChI=1S/C18H24FNOS/c1-11(2)9-13(4)15-10-14(19)5-6-16(15)20-18(21)17-12(3)7-8-22-17/h5-6,10-11,13H,7-9H2,1-4H3,(H,20,21). The van der Waals surface area contributed by atoms with Crippen molar-refractivity contribution in [1.82, 2.24) is 0 Å². The van der Waals surface area contributed by atoms with Crippen LogP contribution in [0.15, 0.2) is 28.7 Å². The Balaban J connectivity index is 2.23. The molecule has 0 saturated heterocycles. The number of benzene rings is 1. The summed E-state index contributed by atoms with van der Waals surface area (Å²) in [5, 5.41) is 2.98. The van der Waals surface area contributed by atoms with Gasteiger partial charge in [-0.05, 0) is 55.4 Å². The number of carbonyl (C=O) groups is 1. The summed E-state index contributed by atoms with van der Waals surface area (Å²) in [6.45, 7) is 8.38. The Morgan fingerprint density at radius 1 is 1.36 bits per heavy atom. The second-order valence-corrected chi connectivity index (χ2v) is 7.53. The van der Waals surface area contributed by atoms with Crippen molar-refractivity contribution in [2.45, 2.75) is 46.5 Å². The van der Waals surface area contributed by atoms with E-state index in [1.54, 1.807) is 23.9 Å². The number of carbonyl (C=O) groups excluding carboxylic acids is 1. The number of amides is 1. The summed E-state index contributed by atoms with van der Waals surface area (Å²) >= 11 is 1.60. The average Bonchev–Trinajstić information content (AvgIpc) is 2.86. The van der Waals surface area contributed by atoms with E-state index in [0.717, 1.165) is 40.3 Å². The third-order valence-corrected chi connectivity index (χ3v) is 5.17. The molecule has 1 amide bonds. The van der Waals surface area contributed by atoms with Gasteiger partial charge < -0.3 is 5.32 Å². The lowest BCUT2D eigenvalue weighted by molar-refractivity contribution is -0.112. The SMILES string of the molecule is CC1=C(C(=O)Nc2ccc(F)cc2C(C)CC(C)C)SCC1. The van der Waals surface area contributed by atoms with Crippen LogP contribution in [-0.4, -0.2) is 11.7 Å². The highest BCUT2D eigenvalue weighted by atomic mass is 32.2. The monoisotopic (exact) mass is 321 g/mol. The van der Waals surface area contributed by atoms with Gasteiger partial charge in [0.1, 0.15) is 5.82 Å². The molecule has 1 aliphatic rings. The van der Waals surface area contributed by atoms with E-state index in [4.69, 9.17) is 0 Å². The fourth-order valence-electron chi connectivity index (χ4n) is 2.87. The summed E-state index contributed by atoms with van der Waals surface area (Å²) < 4.78 is 13.6. The molecule has 0 aromatic heterocycles. The van der Waals surface area contributed by atoms with Crippen LogP contribution in [0.2, 0.25) is 0 Å². The minimum absolute atomic E-state index is 0.0652. The molecule has 0 fully saturated rings. The fourth-order valence-corrected chi connectivity index (χ4v) is 4.01. The van der Waals surface area contributed by atoms with E-state index < -0.39 is 0 Å². The molecular formula is C18H24FNOS. The van der Waals surface area contributed by atoms with Crippen LogP contribution in [0, 0.1) is 11.7 Å². The Hall–Kier alpha value is -1.29. The van der Waals surface area contributed by atoms with Gasteiger partial charge in [-0.2, -0.15) is 0 Å². The van der Waals surface area contributed by atoms with Crippen LogP contribution in [0.3, 0.4) is 0 Å². The first-order chi connectivity index (χ1) is 10.4. The Kier molecular flexibility index (Phi) is 5.68. The molecule has 0 bridgehead atoms. The maximum atomic E-state index is 13.6. The number of hydrogen-bond acceptors (Lipinski definition) is 2. The van der Waals surface area contributed by atoms with Crippen molar-refractivity contribution in [3.05, 3.63) is 40.1 Å². The summed E-state index contributed by atoms with van der Waals surface area (Å²) in [6, 6.07) is 4.63. The Morgan fingerprint density at radius 3 is 2.68 bits per heavy atom. The van der Waals surface area contributed by atoms with Crippen molar-refractivity contribution in [2.75, 3.05) is 11.1 Å². The number of allylic oxidation sites excluding steroid dienone is 1. The van der Waals surface area contributed by atoms with Crippen LogP contribution in [0.5, 0.6) is 0 Å². The molecule has 1 heterocycles. The Labute approximate surface area is 136 Å². The first kappa shape index (κ1) is 17.1. The molecule has 0 aliphatic carbocycles. The lowest BCUT2D eigenvalue weighted by Gasteiger charge is -2.19. The molecule has 1 aromatic rings. The maximum absolute atomic E-state index is 13.6. The maximum Gasteiger partial charge on any atom is 0.262 e. The fraction of sp³-hybridized carbons (Fsp3) is 0.500. The first-order valence-electron chi connectivity index (χ1n) is 7.81. The van der Waals surface area contributed by atoms with Crippen LogP contribution >= 0.6 is 11.8 Å². The van der Waals surface area contributed by atoms with Crippen molar-refractivity contribution in [2.24, 2.45) is 5.92 Å². The van der Waals surface area contributed by atoms with Gasteiger partial charge >= 0.3 is 0 Å². The smallest absolute Gasteiger partial charge is 0.262 e. The van der Waals surface area contributed by atoms with Gasteiger partial charge in [0.25, 0.3) is 5.91 Å². The highest BCUT2D eigenvalue weighted by molar-refractivity contribution is 8.04. The van der Waals surface area contributed by atoms with Gasteiger partial charge in [-0.15, -0.1) is 11.8 Å². The molecule has 1 aliphatic heterocycles. The molecule has 0 spiro atoms. The van der Waals surface area contributed by atoms with Gasteiger partial charge in [-0.3, -0.25) is 4.79 Å². The lowest BCUT2D eigenvalue weighted by atomic mass is 9.90. The minimum atomic E-state index is -0.255. The Morgan fingerprint density at radius 2 is 2.09 bits per heavy atom. The molecular weight excluding hydrogens is 297 g/mol. The summed E-state index contributed by atoms with van der Waals surface area (Å²) in [5.74, 6) is 1.38. The van der Waals surface area contributed by atoms with Crippen molar-refractivity contribution in [3.63, 3.8) is 0 Å². The van der Waals surface area contributed by atoms with Crippen molar-refractivity contribution in [1.29, 1.82) is 0 Å². The third kappa shape index (κ3) is 4.13. The van der Waals surface area contributed by atoms with Crippen molar-refractivity contribution >= 4 is 23.4 Å². The summed E-state index contributed by atoms with van der Waals surface area (Å²) in [4.78, 5) is 13.2. The van der Waals surface area contributed by atoms with E-state index in [9.17, 15) is 9.18 Å². The Bertz CT molecular complexity index is 595. The molecule has 2 nitrogen and oxygen atoms in total. The molecule has 2 rings (SSSR count). The molecule has 1 aromatic carbocycles. The van der Waals surface area contributed by atoms with Crippen molar-refractivity contribution < 1.29 is 9.18 Å². The molecule has 1 atom stereocenters. The quantitative estimate of drug-likeness (QED) is 0.794. The van der Waals surface area contributed by atoms with Crippen LogP contribution < -0.4 is 5.32 Å². The first-order valence-corrected chi connectivity index (χ1v) is 8.80. The number of nitrogens with one attached hydrogen (secondary N) is 1. The van der Waals surface area contributed by atoms with E-state index in [0.29, 0.717) is 5.92 Å². The average molecular weight is 321 g/mol. The molecule has 1 N–H and O–H groups in total. The summed E-state index contributed by atoms with van der Waals surface area (Å²) in [5.41, 5.74) is 2.75. The minimum Gasteiger partial charge on any atom is -0.321 e. The molecule has 0 radical (unpaired) electrons. The summed E-state index contributed by atoms with van der Waals surface area (Å²) in [6.07, 6.45) is 1.93. The van der Waals surface area contributed by atoms with Gasteiger partial charge in [0.2, 0.25) is 0 Å². The predicted molar refractivity (Wildman–Crippen MR) is 92.7 cm³/mol. The van der Waals surface area contributed by atoms with Crippen molar-refractivity contribution in [3.8, 4) is 0 Å². The van der Waals surface area contributed by atoms with Gasteiger partial charge in [0.15, 0.2) is 0 Å². The van der Waals surface area contributed by atoms with Gasteiger partial charge in [0, 0.05) is 11.4 Å². The van der Waals surface area contributed by atoms with Gasteiger partial charge in [-0.1, -0.05) is 26.3 Å². The zero-order valence-corrected chi connectivity index (χ0v) is 14.5. The van der Waals surface area contributed by atoms with E-state index >= 15 is 0 Å². The van der Waals surface area contributed by atoms with E-state index in [1.165, 1.54) is 6.07 Å². The normalized spacial score (nSPS) is 16.3. The predicted octanol–water partition coefficient (Wildman–Crippen LogP) is 5.32. The highest BCUT2D eigenvalue weighted by Crippen LogP contribution is 2.34. The number of anilines is 1. The van der Waals surface area contributed by atoms with E-state index in [2.05, 4.69) is 26.1 Å². The molecule has 1 unspecified atom stereocenters. The van der Waals surface area contributed by atoms with E-state index in [1.807, 2.05) is 6.92 Å². The molecule has 22 heavy (non-hydrogen) atoms. The lowest BCUT2D eigenvalue weighted by Crippen LogP contribution is -2.15. The number of hydrogen-bond donors (Lipinski definition) is 1. The number of halogens is 1. The van der Waals surface area contributed by atoms with Gasteiger partial charge in [-0.25, -0.2) is 4.39 Å². The molecule has 4 heteroatoms. The third-order valence-electron chi connectivity index (χ3n) is 3.93. The molecule has 120 valence electrons. The zero-order valence-electron chi connectivity index (χ0n) is 13.7. The van der Waals surface area contributed by atoms with Crippen LogP contribution in [0.1, 0.15) is 52.0 Å². The largest absolute Gasteiger partial charge is 0.321 e. The number of thioether (sulfide) groups is 1. The summed E-state index contributed by atoms with van der Waals surface area (Å²) in [7, 11) is 0. The topological polar surface area (TPSA) is 29.1 Å². The second kappa shape index (κ2) is 7.32. The van der Waals surface area contributed by atoms with Crippen LogP contribution in [0.25, 0.3) is 0 Å².